The van der Waals surface area contributed by atoms with Crippen LogP contribution in [0, 0.1) is 6.92 Å². The molecule has 0 atom stereocenters. The monoisotopic (exact) mass is 376 g/mol. The summed E-state index contributed by atoms with van der Waals surface area (Å²) < 4.78 is 12.2. The molecular formula is C19H29N4O2P. The molecule has 0 radical (unpaired) electrons. The lowest BCUT2D eigenvalue weighted by atomic mass is 10.2. The summed E-state index contributed by atoms with van der Waals surface area (Å²) in [4.78, 5) is 10.4. The summed E-state index contributed by atoms with van der Waals surface area (Å²) >= 11 is 0. The average Bonchev–Trinajstić information content (AvgIpc) is 2.58. The highest BCUT2D eigenvalue weighted by atomic mass is 31.2. The molecule has 6 nitrogen and oxygen atoms in total. The van der Waals surface area contributed by atoms with Crippen molar-refractivity contribution in [1.82, 2.24) is 14.0 Å². The molecule has 0 aromatic heterocycles. The van der Waals surface area contributed by atoms with E-state index >= 15 is 0 Å². The lowest BCUT2D eigenvalue weighted by molar-refractivity contribution is 0.323. The van der Waals surface area contributed by atoms with Gasteiger partial charge in [-0.1, -0.05) is 23.1 Å². The molecule has 0 unspecified atom stereocenters. The number of nitrogens with zero attached hydrogens (tertiary/aromatic N) is 4. The summed E-state index contributed by atoms with van der Waals surface area (Å²) in [5.41, 5.74) is 1.10. The van der Waals surface area contributed by atoms with Crippen molar-refractivity contribution < 1.29 is 9.57 Å². The summed E-state index contributed by atoms with van der Waals surface area (Å²) in [5.74, 6) is 2.29. The van der Waals surface area contributed by atoms with Crippen LogP contribution in [0.15, 0.2) is 53.4 Å². The fourth-order valence-electron chi connectivity index (χ4n) is 2.76. The molecule has 142 valence electrons. The van der Waals surface area contributed by atoms with Crippen LogP contribution in [0.1, 0.15) is 5.56 Å². The number of benzene rings is 2. The standard InChI is InChI=1S/C19H29N4O2P/c1-16-10-8-9-11-19(16)24-17-12-14-18(15-13-17)25-20-26(21(2)3,22(4)5)23(6)7/h8-15H,1-7H3. The van der Waals surface area contributed by atoms with Gasteiger partial charge in [-0.3, -0.25) is 0 Å². The number of ether oxygens (including phenoxy) is 1. The summed E-state index contributed by atoms with van der Waals surface area (Å²) in [6, 6.07) is 15.5. The number of para-hydroxylation sites is 1. The topological polar surface area (TPSA) is 40.5 Å². The minimum absolute atomic E-state index is 0.678. The van der Waals surface area contributed by atoms with Crippen molar-refractivity contribution in [3.05, 3.63) is 54.1 Å². The molecule has 7 heteroatoms. The van der Waals surface area contributed by atoms with Gasteiger partial charge in [0.05, 0.1) is 0 Å². The van der Waals surface area contributed by atoms with E-state index in [9.17, 15) is 0 Å². The zero-order chi connectivity index (χ0) is 19.3. The van der Waals surface area contributed by atoms with Crippen LogP contribution in [0.5, 0.6) is 17.2 Å². The number of aryl methyl sites for hydroxylation is 1. The van der Waals surface area contributed by atoms with E-state index in [1.165, 1.54) is 0 Å². The molecule has 0 aliphatic heterocycles. The quantitative estimate of drug-likeness (QED) is 0.517. The molecule has 0 saturated heterocycles. The van der Waals surface area contributed by atoms with E-state index in [1.807, 2.05) is 97.7 Å². The first-order valence-corrected chi connectivity index (χ1v) is 10.0. The van der Waals surface area contributed by atoms with Gasteiger partial charge in [0.15, 0.2) is 5.75 Å². The molecular weight excluding hydrogens is 347 g/mol. The van der Waals surface area contributed by atoms with Crippen molar-refractivity contribution in [2.75, 3.05) is 42.3 Å². The molecule has 26 heavy (non-hydrogen) atoms. The Hall–Kier alpha value is -1.85. The Kier molecular flexibility index (Phi) is 6.84. The highest BCUT2D eigenvalue weighted by Crippen LogP contribution is 2.54. The Morgan fingerprint density at radius 2 is 1.23 bits per heavy atom. The molecule has 2 aromatic rings. The van der Waals surface area contributed by atoms with E-state index in [4.69, 9.17) is 9.57 Å². The Labute approximate surface area is 157 Å². The maximum Gasteiger partial charge on any atom is 0.210 e. The van der Waals surface area contributed by atoms with Gasteiger partial charge in [0.1, 0.15) is 11.5 Å². The van der Waals surface area contributed by atoms with Crippen molar-refractivity contribution >= 4 is 7.51 Å². The minimum atomic E-state index is -2.08. The molecule has 0 spiro atoms. The fourth-order valence-corrected chi connectivity index (χ4v) is 5.55. The molecule has 0 N–H and O–H groups in total. The van der Waals surface area contributed by atoms with Crippen molar-refractivity contribution in [3.8, 4) is 17.2 Å². The second-order valence-corrected chi connectivity index (χ2v) is 10.2. The van der Waals surface area contributed by atoms with Gasteiger partial charge in [0.2, 0.25) is 7.51 Å². The third-order valence-corrected chi connectivity index (χ3v) is 7.53. The van der Waals surface area contributed by atoms with Crippen LogP contribution >= 0.6 is 7.51 Å². The van der Waals surface area contributed by atoms with Crippen LogP contribution in [0.3, 0.4) is 0 Å². The fraction of sp³-hybridized carbons (Fsp3) is 0.368. The van der Waals surface area contributed by atoms with Gasteiger partial charge in [-0.25, -0.2) is 14.0 Å². The lowest BCUT2D eigenvalue weighted by Crippen LogP contribution is -2.31. The van der Waals surface area contributed by atoms with E-state index in [1.54, 1.807) is 0 Å². The first-order valence-electron chi connectivity index (χ1n) is 8.43. The van der Waals surface area contributed by atoms with E-state index < -0.39 is 7.51 Å². The molecule has 0 amide bonds. The number of hydrogen-bond donors (Lipinski definition) is 0. The first kappa shape index (κ1) is 20.5. The van der Waals surface area contributed by atoms with Crippen LogP contribution in [0.2, 0.25) is 0 Å². The van der Waals surface area contributed by atoms with Gasteiger partial charge in [0, 0.05) is 0 Å². The predicted molar refractivity (Wildman–Crippen MR) is 109 cm³/mol. The molecule has 0 saturated carbocycles. The zero-order valence-corrected chi connectivity index (χ0v) is 17.6. The molecule has 2 rings (SSSR count). The normalized spacial score (nSPS) is 11.9. The Bertz CT molecular complexity index is 745. The molecule has 2 aromatic carbocycles. The van der Waals surface area contributed by atoms with Gasteiger partial charge < -0.3 is 9.57 Å². The van der Waals surface area contributed by atoms with Gasteiger partial charge in [-0.2, -0.15) is 0 Å². The largest absolute Gasteiger partial charge is 0.457 e. The van der Waals surface area contributed by atoms with Crippen LogP contribution in [0.4, 0.5) is 0 Å². The Balaban J connectivity index is 2.19. The Morgan fingerprint density at radius 3 is 1.73 bits per heavy atom. The summed E-state index contributed by atoms with van der Waals surface area (Å²) in [6.07, 6.45) is 0. The molecule has 0 aliphatic carbocycles. The summed E-state index contributed by atoms with van der Waals surface area (Å²) in [6.45, 7) is 2.03. The van der Waals surface area contributed by atoms with E-state index in [2.05, 4.69) is 18.9 Å². The van der Waals surface area contributed by atoms with Crippen molar-refractivity contribution in [3.63, 3.8) is 0 Å². The number of hydrogen-bond acceptors (Lipinski definition) is 3. The van der Waals surface area contributed by atoms with Gasteiger partial charge in [0.25, 0.3) is 0 Å². The third-order valence-electron chi connectivity index (χ3n) is 4.01. The molecule has 0 heterocycles. The second kappa shape index (κ2) is 8.69. The molecule has 0 fully saturated rings. The van der Waals surface area contributed by atoms with Crippen LogP contribution in [-0.4, -0.2) is 56.3 Å². The highest BCUT2D eigenvalue weighted by Gasteiger charge is 2.29. The van der Waals surface area contributed by atoms with Gasteiger partial charge >= 0.3 is 0 Å². The lowest BCUT2D eigenvalue weighted by Gasteiger charge is -2.39. The first-order chi connectivity index (χ1) is 12.3. The van der Waals surface area contributed by atoms with E-state index in [-0.39, 0.29) is 0 Å². The van der Waals surface area contributed by atoms with E-state index in [0.717, 1.165) is 17.1 Å². The van der Waals surface area contributed by atoms with Crippen molar-refractivity contribution in [1.29, 1.82) is 0 Å². The smallest absolute Gasteiger partial charge is 0.210 e. The van der Waals surface area contributed by atoms with Crippen LogP contribution < -0.4 is 9.57 Å². The summed E-state index contributed by atoms with van der Waals surface area (Å²) in [7, 11) is 10.0. The van der Waals surface area contributed by atoms with Gasteiger partial charge in [-0.15, -0.1) is 0 Å². The maximum absolute atomic E-state index is 5.92. The summed E-state index contributed by atoms with van der Waals surface area (Å²) in [5, 5.41) is 0. The minimum Gasteiger partial charge on any atom is -0.457 e. The second-order valence-electron chi connectivity index (χ2n) is 6.59. The zero-order valence-electron chi connectivity index (χ0n) is 16.7. The average molecular weight is 376 g/mol. The Morgan fingerprint density at radius 1 is 0.731 bits per heavy atom. The van der Waals surface area contributed by atoms with Gasteiger partial charge in [-0.05, 0) is 85.1 Å². The SMILES string of the molecule is Cc1ccccc1Oc1ccc(ON=P(N(C)C)(N(C)C)N(C)C)cc1. The van der Waals surface area contributed by atoms with Crippen LogP contribution in [-0.2, 0) is 0 Å². The highest BCUT2D eigenvalue weighted by molar-refractivity contribution is 7.58. The predicted octanol–water partition coefficient (Wildman–Crippen LogP) is 4.71. The maximum atomic E-state index is 5.92. The molecule has 0 bridgehead atoms. The molecule has 0 aliphatic rings. The van der Waals surface area contributed by atoms with Crippen LogP contribution in [0.25, 0.3) is 0 Å². The number of rotatable bonds is 7. The van der Waals surface area contributed by atoms with Crippen molar-refractivity contribution in [2.45, 2.75) is 6.92 Å². The van der Waals surface area contributed by atoms with Crippen molar-refractivity contribution in [2.24, 2.45) is 4.91 Å². The third kappa shape index (κ3) is 4.46. The van der Waals surface area contributed by atoms with E-state index in [0.29, 0.717) is 5.75 Å².